The molecule has 7 heteroatoms. The first-order valence-electron chi connectivity index (χ1n) is 5.46. The third-order valence-corrected chi connectivity index (χ3v) is 2.41. The lowest BCUT2D eigenvalue weighted by Crippen LogP contribution is -2.19. The number of hydrogen-bond acceptors (Lipinski definition) is 5. The predicted molar refractivity (Wildman–Crippen MR) is 63.4 cm³/mol. The number of aromatic amines is 1. The Balaban J connectivity index is 2.42. The number of aromatic nitrogens is 4. The first kappa shape index (κ1) is 11.6. The van der Waals surface area contributed by atoms with E-state index >= 15 is 0 Å². The summed E-state index contributed by atoms with van der Waals surface area (Å²) in [6.07, 6.45) is 0.788. The number of aryl methyl sites for hydroxylation is 1. The number of nitrogens with zero attached hydrogens (tertiary/aromatic N) is 3. The van der Waals surface area contributed by atoms with Crippen LogP contribution in [0.4, 0.5) is 5.95 Å². The van der Waals surface area contributed by atoms with Gasteiger partial charge in [-0.2, -0.15) is 5.10 Å². The van der Waals surface area contributed by atoms with Crippen molar-refractivity contribution in [2.75, 3.05) is 25.6 Å². The number of anilines is 1. The maximum absolute atomic E-state index is 11.6. The van der Waals surface area contributed by atoms with Gasteiger partial charge >= 0.3 is 5.69 Å². The van der Waals surface area contributed by atoms with Gasteiger partial charge in [0.1, 0.15) is 0 Å². The van der Waals surface area contributed by atoms with Gasteiger partial charge in [0.25, 0.3) is 0 Å². The summed E-state index contributed by atoms with van der Waals surface area (Å²) >= 11 is 0. The zero-order valence-electron chi connectivity index (χ0n) is 9.86. The topological polar surface area (TPSA) is 84.3 Å². The van der Waals surface area contributed by atoms with Crippen LogP contribution in [0.5, 0.6) is 0 Å². The van der Waals surface area contributed by atoms with Crippen molar-refractivity contribution in [3.05, 3.63) is 22.2 Å². The fraction of sp³-hybridized carbons (Fsp3) is 0.500. The highest BCUT2D eigenvalue weighted by atomic mass is 16.5. The van der Waals surface area contributed by atoms with E-state index in [0.29, 0.717) is 24.7 Å². The lowest BCUT2D eigenvalue weighted by molar-refractivity contribution is 0.210. The summed E-state index contributed by atoms with van der Waals surface area (Å²) in [5.74, 6) is 0.496. The van der Waals surface area contributed by atoms with Gasteiger partial charge in [0.2, 0.25) is 5.95 Å². The molecule has 0 aliphatic heterocycles. The Morgan fingerprint density at radius 2 is 2.41 bits per heavy atom. The van der Waals surface area contributed by atoms with E-state index in [4.69, 9.17) is 4.74 Å². The molecule has 2 aromatic heterocycles. The van der Waals surface area contributed by atoms with E-state index < -0.39 is 0 Å². The highest BCUT2D eigenvalue weighted by Gasteiger charge is 2.08. The molecule has 2 N–H and O–H groups in total. The molecule has 0 atom stereocenters. The van der Waals surface area contributed by atoms with Crippen LogP contribution >= 0.6 is 0 Å². The van der Waals surface area contributed by atoms with Crippen LogP contribution in [0.3, 0.4) is 0 Å². The minimum absolute atomic E-state index is 0.296. The zero-order valence-corrected chi connectivity index (χ0v) is 9.86. The second-order valence-electron chi connectivity index (χ2n) is 3.57. The van der Waals surface area contributed by atoms with Crippen molar-refractivity contribution in [2.24, 2.45) is 0 Å². The molecule has 2 rings (SSSR count). The fourth-order valence-corrected chi connectivity index (χ4v) is 1.54. The van der Waals surface area contributed by atoms with Crippen molar-refractivity contribution in [1.29, 1.82) is 0 Å². The SMILES string of the molecule is CCc1cc2n[nH]c(=O)n2c(NCCOC)n1. The average molecular weight is 237 g/mol. The van der Waals surface area contributed by atoms with E-state index in [0.717, 1.165) is 12.1 Å². The molecule has 0 amide bonds. The number of nitrogens with one attached hydrogen (secondary N) is 2. The molecule has 0 aromatic carbocycles. The van der Waals surface area contributed by atoms with Crippen LogP contribution in [0.25, 0.3) is 5.65 Å². The quantitative estimate of drug-likeness (QED) is 0.717. The Bertz CT molecular complexity index is 559. The fourth-order valence-electron chi connectivity index (χ4n) is 1.54. The molecule has 2 aromatic rings. The van der Waals surface area contributed by atoms with Crippen LogP contribution in [0, 0.1) is 0 Å². The Hall–Kier alpha value is -1.89. The number of hydrogen-bond donors (Lipinski definition) is 2. The second-order valence-corrected chi connectivity index (χ2v) is 3.57. The molecule has 0 fully saturated rings. The number of fused-ring (bicyclic) bond motifs is 1. The smallest absolute Gasteiger partial charge is 0.350 e. The van der Waals surface area contributed by atoms with E-state index in [1.165, 1.54) is 4.40 Å². The number of rotatable bonds is 5. The third-order valence-electron chi connectivity index (χ3n) is 2.41. The zero-order chi connectivity index (χ0) is 12.3. The minimum Gasteiger partial charge on any atom is -0.383 e. The number of H-pyrrole nitrogens is 1. The molecule has 0 bridgehead atoms. The monoisotopic (exact) mass is 237 g/mol. The summed E-state index contributed by atoms with van der Waals surface area (Å²) in [6, 6.07) is 1.79. The molecule has 0 spiro atoms. The predicted octanol–water partition coefficient (Wildman–Crippen LogP) is 0.0383. The average Bonchev–Trinajstić information content (AvgIpc) is 2.71. The van der Waals surface area contributed by atoms with Crippen molar-refractivity contribution in [3.63, 3.8) is 0 Å². The summed E-state index contributed by atoms with van der Waals surface area (Å²) in [5, 5.41) is 9.39. The first-order chi connectivity index (χ1) is 8.26. The van der Waals surface area contributed by atoms with Crippen molar-refractivity contribution in [3.8, 4) is 0 Å². The minimum atomic E-state index is -0.296. The maximum Gasteiger partial charge on any atom is 0.350 e. The van der Waals surface area contributed by atoms with Crippen molar-refractivity contribution in [2.45, 2.75) is 13.3 Å². The van der Waals surface area contributed by atoms with Gasteiger partial charge in [-0.1, -0.05) is 6.92 Å². The van der Waals surface area contributed by atoms with Crippen LogP contribution in [-0.2, 0) is 11.2 Å². The summed E-state index contributed by atoms with van der Waals surface area (Å²) in [4.78, 5) is 15.9. The van der Waals surface area contributed by atoms with Gasteiger partial charge in [-0.3, -0.25) is 0 Å². The van der Waals surface area contributed by atoms with E-state index in [1.807, 2.05) is 6.92 Å². The molecule has 0 unspecified atom stereocenters. The molecule has 92 valence electrons. The van der Waals surface area contributed by atoms with Gasteiger partial charge in [0, 0.05) is 25.4 Å². The van der Waals surface area contributed by atoms with Gasteiger partial charge in [-0.05, 0) is 6.42 Å². The summed E-state index contributed by atoms with van der Waals surface area (Å²) < 4.78 is 6.35. The Labute approximate surface area is 97.8 Å². The number of ether oxygens (including phenoxy) is 1. The molecular weight excluding hydrogens is 222 g/mol. The molecule has 0 saturated heterocycles. The van der Waals surface area contributed by atoms with E-state index in [1.54, 1.807) is 13.2 Å². The van der Waals surface area contributed by atoms with Crippen LogP contribution in [0.15, 0.2) is 10.9 Å². The maximum atomic E-state index is 11.6. The molecule has 7 nitrogen and oxygen atoms in total. The Kier molecular flexibility index (Phi) is 3.38. The molecule has 0 aliphatic rings. The molecule has 0 radical (unpaired) electrons. The van der Waals surface area contributed by atoms with Crippen LogP contribution in [-0.4, -0.2) is 39.8 Å². The number of methoxy groups -OCH3 is 1. The molecule has 2 heterocycles. The van der Waals surface area contributed by atoms with Crippen molar-refractivity contribution >= 4 is 11.6 Å². The van der Waals surface area contributed by atoms with Crippen molar-refractivity contribution < 1.29 is 4.74 Å². The van der Waals surface area contributed by atoms with Gasteiger partial charge in [0.05, 0.1) is 6.61 Å². The molecule has 0 aliphatic carbocycles. The third kappa shape index (κ3) is 2.28. The highest BCUT2D eigenvalue weighted by Crippen LogP contribution is 2.08. The molecule has 17 heavy (non-hydrogen) atoms. The van der Waals surface area contributed by atoms with Crippen LogP contribution in [0.1, 0.15) is 12.6 Å². The summed E-state index contributed by atoms with van der Waals surface area (Å²) in [7, 11) is 1.62. The molecule has 0 saturated carbocycles. The van der Waals surface area contributed by atoms with Gasteiger partial charge in [-0.15, -0.1) is 0 Å². The lowest BCUT2D eigenvalue weighted by atomic mass is 10.3. The first-order valence-corrected chi connectivity index (χ1v) is 5.46. The van der Waals surface area contributed by atoms with Gasteiger partial charge in [-0.25, -0.2) is 19.3 Å². The van der Waals surface area contributed by atoms with Crippen LogP contribution in [0.2, 0.25) is 0 Å². The standard InChI is InChI=1S/C10H15N5O2/c1-3-7-6-8-13-14-10(16)15(8)9(12-7)11-4-5-17-2/h6H,3-5H2,1-2H3,(H,11,12)(H,14,16). The van der Waals surface area contributed by atoms with E-state index in [2.05, 4.69) is 20.5 Å². The van der Waals surface area contributed by atoms with Crippen LogP contribution < -0.4 is 11.0 Å². The normalized spacial score (nSPS) is 10.9. The second kappa shape index (κ2) is 4.96. The van der Waals surface area contributed by atoms with Gasteiger partial charge < -0.3 is 10.1 Å². The Morgan fingerprint density at radius 3 is 3.12 bits per heavy atom. The largest absolute Gasteiger partial charge is 0.383 e. The Morgan fingerprint density at radius 1 is 1.59 bits per heavy atom. The lowest BCUT2D eigenvalue weighted by Gasteiger charge is -2.07. The van der Waals surface area contributed by atoms with Crippen molar-refractivity contribution in [1.82, 2.24) is 19.6 Å². The summed E-state index contributed by atoms with van der Waals surface area (Å²) in [6.45, 7) is 3.14. The highest BCUT2D eigenvalue weighted by molar-refractivity contribution is 5.45. The molecular formula is C10H15N5O2. The van der Waals surface area contributed by atoms with E-state index in [9.17, 15) is 4.79 Å². The summed E-state index contributed by atoms with van der Waals surface area (Å²) in [5.41, 5.74) is 1.16. The van der Waals surface area contributed by atoms with E-state index in [-0.39, 0.29) is 5.69 Å². The van der Waals surface area contributed by atoms with Gasteiger partial charge in [0.15, 0.2) is 5.65 Å².